The number of anilines is 2. The summed E-state index contributed by atoms with van der Waals surface area (Å²) >= 11 is 0. The molecule has 3 aliphatic heterocycles. The normalized spacial score (nSPS) is 25.6. The van der Waals surface area contributed by atoms with Crippen molar-refractivity contribution in [2.24, 2.45) is 0 Å². The van der Waals surface area contributed by atoms with Crippen molar-refractivity contribution in [3.05, 3.63) is 23.8 Å². The molecule has 1 aromatic rings. The Labute approximate surface area is 161 Å². The Bertz CT molecular complexity index is 733. The number of rotatable bonds is 2. The first kappa shape index (κ1) is 18.3. The van der Waals surface area contributed by atoms with Crippen LogP contribution in [0.15, 0.2) is 18.2 Å². The number of hydrogen-bond acceptors (Lipinski definition) is 3. The van der Waals surface area contributed by atoms with Crippen molar-refractivity contribution in [1.29, 1.82) is 0 Å². The molecule has 1 aromatic carbocycles. The van der Waals surface area contributed by atoms with Crippen molar-refractivity contribution in [2.45, 2.75) is 70.5 Å². The average Bonchev–Trinajstić information content (AvgIpc) is 2.78. The van der Waals surface area contributed by atoms with Crippen LogP contribution in [-0.4, -0.2) is 53.0 Å². The van der Waals surface area contributed by atoms with Gasteiger partial charge in [0.05, 0.1) is 0 Å². The molecule has 2 unspecified atom stereocenters. The van der Waals surface area contributed by atoms with Crippen molar-refractivity contribution in [3.8, 4) is 0 Å². The first-order valence-corrected chi connectivity index (χ1v) is 10.3. The molecule has 2 N–H and O–H groups in total. The van der Waals surface area contributed by atoms with Crippen molar-refractivity contribution in [1.82, 2.24) is 9.80 Å². The number of aryl methyl sites for hydroxylation is 1. The maximum Gasteiger partial charge on any atom is 0.321 e. The second-order valence-corrected chi connectivity index (χ2v) is 8.36. The number of amides is 3. The molecule has 2 atom stereocenters. The maximum atomic E-state index is 12.9. The average molecular weight is 370 g/mol. The zero-order valence-corrected chi connectivity index (χ0v) is 16.3. The van der Waals surface area contributed by atoms with E-state index in [2.05, 4.69) is 29.4 Å². The van der Waals surface area contributed by atoms with E-state index in [0.717, 1.165) is 49.3 Å². The van der Waals surface area contributed by atoms with E-state index in [1.54, 1.807) is 0 Å². The summed E-state index contributed by atoms with van der Waals surface area (Å²) in [4.78, 5) is 29.3. The molecular formula is C21H30N4O2. The molecule has 6 heteroatoms. The number of fused-ring (bicyclic) bond motifs is 3. The summed E-state index contributed by atoms with van der Waals surface area (Å²) < 4.78 is 0. The van der Waals surface area contributed by atoms with E-state index < -0.39 is 0 Å². The number of urea groups is 1. The minimum atomic E-state index is -0.0360. The van der Waals surface area contributed by atoms with Gasteiger partial charge in [0.25, 0.3) is 0 Å². The summed E-state index contributed by atoms with van der Waals surface area (Å²) in [5, 5.41) is 6.00. The number of nitrogens with one attached hydrogen (secondary N) is 2. The second kappa shape index (κ2) is 7.50. The third kappa shape index (κ3) is 3.81. The van der Waals surface area contributed by atoms with Crippen LogP contribution in [-0.2, 0) is 11.2 Å². The van der Waals surface area contributed by atoms with E-state index in [0.29, 0.717) is 24.5 Å². The summed E-state index contributed by atoms with van der Waals surface area (Å²) in [6.45, 7) is 6.11. The van der Waals surface area contributed by atoms with Crippen LogP contribution >= 0.6 is 0 Å². The first-order valence-electron chi connectivity index (χ1n) is 10.3. The zero-order chi connectivity index (χ0) is 19.0. The Morgan fingerprint density at radius 1 is 1.19 bits per heavy atom. The van der Waals surface area contributed by atoms with E-state index in [9.17, 15) is 9.59 Å². The van der Waals surface area contributed by atoms with Crippen LogP contribution in [0, 0.1) is 0 Å². The van der Waals surface area contributed by atoms with Gasteiger partial charge in [0, 0.05) is 49.0 Å². The smallest absolute Gasteiger partial charge is 0.321 e. The number of likely N-dealkylation sites (tertiary alicyclic amines) is 1. The van der Waals surface area contributed by atoms with E-state index in [1.807, 2.05) is 23.1 Å². The van der Waals surface area contributed by atoms with Gasteiger partial charge in [-0.2, -0.15) is 0 Å². The van der Waals surface area contributed by atoms with Crippen LogP contribution in [0.3, 0.4) is 0 Å². The molecule has 2 fully saturated rings. The highest BCUT2D eigenvalue weighted by Crippen LogP contribution is 2.32. The van der Waals surface area contributed by atoms with Crippen LogP contribution in [0.5, 0.6) is 0 Å². The molecular weight excluding hydrogens is 340 g/mol. The quantitative estimate of drug-likeness (QED) is 0.838. The largest absolute Gasteiger partial charge is 0.326 e. The highest BCUT2D eigenvalue weighted by atomic mass is 16.2. The van der Waals surface area contributed by atoms with Gasteiger partial charge in [-0.1, -0.05) is 6.07 Å². The number of hydrogen-bond donors (Lipinski definition) is 2. The summed E-state index contributed by atoms with van der Waals surface area (Å²) in [5.74, 6) is 0.0505. The first-order chi connectivity index (χ1) is 13.0. The fourth-order valence-corrected chi connectivity index (χ4v) is 4.98. The molecule has 3 aliphatic rings. The van der Waals surface area contributed by atoms with Gasteiger partial charge in [-0.3, -0.25) is 9.69 Å². The molecule has 27 heavy (non-hydrogen) atoms. The Balaban J connectivity index is 1.44. The third-order valence-electron chi connectivity index (χ3n) is 6.21. The van der Waals surface area contributed by atoms with Crippen LogP contribution in [0.2, 0.25) is 0 Å². The van der Waals surface area contributed by atoms with E-state index in [1.165, 1.54) is 12.8 Å². The molecule has 3 amide bonds. The Kier molecular flexibility index (Phi) is 5.08. The van der Waals surface area contributed by atoms with Crippen LogP contribution in [0.25, 0.3) is 0 Å². The standard InChI is InChI=1S/C21H30N4O2/c1-14(2)25-17-8-9-18(25)13-24(11-10-17)21(27)22-16-7-6-15-4-3-5-20(26)23-19(15)12-16/h6-7,12,14,17-18H,3-5,8-11,13H2,1-2H3,(H,22,27)(H,23,26). The lowest BCUT2D eigenvalue weighted by Gasteiger charge is -2.32. The molecule has 3 heterocycles. The van der Waals surface area contributed by atoms with Crippen molar-refractivity contribution >= 4 is 23.3 Å². The summed E-state index contributed by atoms with van der Waals surface area (Å²) in [7, 11) is 0. The molecule has 0 saturated carbocycles. The van der Waals surface area contributed by atoms with Crippen molar-refractivity contribution in [2.75, 3.05) is 23.7 Å². The van der Waals surface area contributed by atoms with Gasteiger partial charge in [-0.15, -0.1) is 0 Å². The van der Waals surface area contributed by atoms with Gasteiger partial charge < -0.3 is 15.5 Å². The Hall–Kier alpha value is -2.08. The molecule has 2 bridgehead atoms. The molecule has 0 spiro atoms. The second-order valence-electron chi connectivity index (χ2n) is 8.36. The predicted molar refractivity (Wildman–Crippen MR) is 107 cm³/mol. The lowest BCUT2D eigenvalue weighted by molar-refractivity contribution is -0.116. The fraction of sp³-hybridized carbons (Fsp3) is 0.619. The minimum Gasteiger partial charge on any atom is -0.326 e. The lowest BCUT2D eigenvalue weighted by atomic mass is 10.1. The van der Waals surface area contributed by atoms with Crippen molar-refractivity contribution in [3.63, 3.8) is 0 Å². The summed E-state index contributed by atoms with van der Waals surface area (Å²) in [6.07, 6.45) is 5.79. The molecule has 4 rings (SSSR count). The van der Waals surface area contributed by atoms with Gasteiger partial charge >= 0.3 is 6.03 Å². The number of benzene rings is 1. The molecule has 0 aliphatic carbocycles. The highest BCUT2D eigenvalue weighted by molar-refractivity contribution is 5.95. The van der Waals surface area contributed by atoms with Crippen LogP contribution in [0.1, 0.15) is 51.5 Å². The van der Waals surface area contributed by atoms with Gasteiger partial charge in [-0.25, -0.2) is 4.79 Å². The lowest BCUT2D eigenvalue weighted by Crippen LogP contribution is -2.45. The summed E-state index contributed by atoms with van der Waals surface area (Å²) in [6, 6.07) is 7.41. The van der Waals surface area contributed by atoms with Gasteiger partial charge in [0.2, 0.25) is 5.91 Å². The molecule has 6 nitrogen and oxygen atoms in total. The summed E-state index contributed by atoms with van der Waals surface area (Å²) in [5.41, 5.74) is 2.71. The number of nitrogens with zero attached hydrogens (tertiary/aromatic N) is 2. The van der Waals surface area contributed by atoms with E-state index in [-0.39, 0.29) is 11.9 Å². The predicted octanol–water partition coefficient (Wildman–Crippen LogP) is 3.44. The molecule has 2 saturated heterocycles. The van der Waals surface area contributed by atoms with Crippen LogP contribution in [0.4, 0.5) is 16.2 Å². The van der Waals surface area contributed by atoms with Gasteiger partial charge in [0.15, 0.2) is 0 Å². The SMILES string of the molecule is CC(C)N1C2CCC1CN(C(=O)Nc1ccc3c(c1)NC(=O)CCC3)CC2. The van der Waals surface area contributed by atoms with E-state index in [4.69, 9.17) is 0 Å². The Morgan fingerprint density at radius 2 is 2.00 bits per heavy atom. The Morgan fingerprint density at radius 3 is 2.81 bits per heavy atom. The van der Waals surface area contributed by atoms with Gasteiger partial charge in [0.1, 0.15) is 0 Å². The zero-order valence-electron chi connectivity index (χ0n) is 16.3. The maximum absolute atomic E-state index is 12.9. The highest BCUT2D eigenvalue weighted by Gasteiger charge is 2.39. The minimum absolute atomic E-state index is 0.0360. The number of carbonyl (C=O) groups is 2. The van der Waals surface area contributed by atoms with Gasteiger partial charge in [-0.05, 0) is 63.6 Å². The van der Waals surface area contributed by atoms with Crippen molar-refractivity contribution < 1.29 is 9.59 Å². The van der Waals surface area contributed by atoms with E-state index >= 15 is 0 Å². The molecule has 146 valence electrons. The van der Waals surface area contributed by atoms with Crippen LogP contribution < -0.4 is 10.6 Å². The molecule has 0 aromatic heterocycles. The molecule has 0 radical (unpaired) electrons. The third-order valence-corrected chi connectivity index (χ3v) is 6.21. The fourth-order valence-electron chi connectivity index (χ4n) is 4.98. The number of carbonyl (C=O) groups excluding carboxylic acids is 2. The topological polar surface area (TPSA) is 64.7 Å². The monoisotopic (exact) mass is 370 g/mol.